The van der Waals surface area contributed by atoms with E-state index in [1.807, 2.05) is 30.3 Å². The SMILES string of the molecule is O=C([O-])CCCC(=O)NCCc1ccccc1. The normalized spacial score (nSPS) is 9.88. The summed E-state index contributed by atoms with van der Waals surface area (Å²) in [4.78, 5) is 21.4. The molecule has 1 amide bonds. The minimum absolute atomic E-state index is 0.0634. The molecular formula is C13H16NO3-. The highest BCUT2D eigenvalue weighted by atomic mass is 16.4. The molecule has 0 heterocycles. The van der Waals surface area contributed by atoms with Crippen LogP contribution in [-0.2, 0) is 16.0 Å². The summed E-state index contributed by atoms with van der Waals surface area (Å²) >= 11 is 0. The average Bonchev–Trinajstić information content (AvgIpc) is 2.30. The van der Waals surface area contributed by atoms with Crippen molar-refractivity contribution in [1.29, 1.82) is 0 Å². The van der Waals surface area contributed by atoms with Gasteiger partial charge in [0, 0.05) is 18.9 Å². The summed E-state index contributed by atoms with van der Waals surface area (Å²) in [7, 11) is 0. The zero-order valence-corrected chi connectivity index (χ0v) is 9.65. The summed E-state index contributed by atoms with van der Waals surface area (Å²) < 4.78 is 0. The number of aliphatic carboxylic acids is 1. The molecule has 1 aromatic carbocycles. The Bertz CT molecular complexity index is 362. The molecule has 0 fully saturated rings. The lowest BCUT2D eigenvalue weighted by molar-refractivity contribution is -0.305. The molecule has 0 saturated heterocycles. The van der Waals surface area contributed by atoms with E-state index in [9.17, 15) is 14.7 Å². The van der Waals surface area contributed by atoms with E-state index in [1.165, 1.54) is 5.56 Å². The number of carbonyl (C=O) groups excluding carboxylic acids is 2. The first-order valence-electron chi connectivity index (χ1n) is 5.69. The monoisotopic (exact) mass is 234 g/mol. The molecule has 1 aromatic rings. The lowest BCUT2D eigenvalue weighted by Crippen LogP contribution is -2.26. The highest BCUT2D eigenvalue weighted by Crippen LogP contribution is 1.99. The first-order chi connectivity index (χ1) is 8.18. The van der Waals surface area contributed by atoms with Gasteiger partial charge in [0.25, 0.3) is 0 Å². The van der Waals surface area contributed by atoms with Crippen molar-refractivity contribution in [3.8, 4) is 0 Å². The lowest BCUT2D eigenvalue weighted by atomic mass is 10.1. The van der Waals surface area contributed by atoms with Crippen LogP contribution in [0.5, 0.6) is 0 Å². The van der Waals surface area contributed by atoms with Gasteiger partial charge in [-0.05, 0) is 24.8 Å². The van der Waals surface area contributed by atoms with Crippen LogP contribution in [0.15, 0.2) is 30.3 Å². The molecule has 0 aliphatic carbocycles. The van der Waals surface area contributed by atoms with E-state index in [0.29, 0.717) is 13.0 Å². The topological polar surface area (TPSA) is 69.2 Å². The Morgan fingerprint density at radius 1 is 1.12 bits per heavy atom. The number of benzene rings is 1. The molecule has 0 radical (unpaired) electrons. The fourth-order valence-electron chi connectivity index (χ4n) is 1.47. The van der Waals surface area contributed by atoms with Gasteiger partial charge in [-0.2, -0.15) is 0 Å². The number of hydrogen-bond donors (Lipinski definition) is 1. The lowest BCUT2D eigenvalue weighted by Gasteiger charge is -2.05. The van der Waals surface area contributed by atoms with Gasteiger partial charge in [-0.15, -0.1) is 0 Å². The van der Waals surface area contributed by atoms with Gasteiger partial charge in [0.2, 0.25) is 5.91 Å². The minimum atomic E-state index is -1.11. The van der Waals surface area contributed by atoms with Crippen molar-refractivity contribution in [1.82, 2.24) is 5.32 Å². The largest absolute Gasteiger partial charge is 0.550 e. The molecule has 4 heteroatoms. The fraction of sp³-hybridized carbons (Fsp3) is 0.385. The Morgan fingerprint density at radius 2 is 1.82 bits per heavy atom. The van der Waals surface area contributed by atoms with E-state index in [1.54, 1.807) is 0 Å². The smallest absolute Gasteiger partial charge is 0.220 e. The second-order valence-electron chi connectivity index (χ2n) is 3.81. The van der Waals surface area contributed by atoms with E-state index in [-0.39, 0.29) is 18.7 Å². The maximum absolute atomic E-state index is 11.3. The molecule has 0 aliphatic heterocycles. The zero-order valence-electron chi connectivity index (χ0n) is 9.65. The van der Waals surface area contributed by atoms with E-state index in [0.717, 1.165) is 6.42 Å². The number of nitrogens with one attached hydrogen (secondary N) is 1. The summed E-state index contributed by atoms with van der Waals surface area (Å²) in [6, 6.07) is 9.86. The molecule has 4 nitrogen and oxygen atoms in total. The van der Waals surface area contributed by atoms with E-state index < -0.39 is 5.97 Å². The van der Waals surface area contributed by atoms with Crippen molar-refractivity contribution in [3.63, 3.8) is 0 Å². The van der Waals surface area contributed by atoms with Crippen LogP contribution < -0.4 is 10.4 Å². The van der Waals surface area contributed by atoms with Gasteiger partial charge in [-0.25, -0.2) is 0 Å². The van der Waals surface area contributed by atoms with Crippen molar-refractivity contribution in [2.75, 3.05) is 6.54 Å². The van der Waals surface area contributed by atoms with Crippen molar-refractivity contribution in [3.05, 3.63) is 35.9 Å². The highest BCUT2D eigenvalue weighted by molar-refractivity contribution is 5.76. The van der Waals surface area contributed by atoms with Crippen LogP contribution in [0.4, 0.5) is 0 Å². The number of hydrogen-bond acceptors (Lipinski definition) is 3. The maximum atomic E-state index is 11.3. The summed E-state index contributed by atoms with van der Waals surface area (Å²) in [5, 5.41) is 12.9. The third-order valence-corrected chi connectivity index (χ3v) is 2.36. The first-order valence-corrected chi connectivity index (χ1v) is 5.69. The molecule has 1 N–H and O–H groups in total. The molecule has 0 saturated carbocycles. The fourth-order valence-corrected chi connectivity index (χ4v) is 1.47. The number of carboxylic acids is 1. The molecule has 0 bridgehead atoms. The molecule has 0 aromatic heterocycles. The van der Waals surface area contributed by atoms with Gasteiger partial charge in [-0.3, -0.25) is 4.79 Å². The van der Waals surface area contributed by atoms with Crippen molar-refractivity contribution < 1.29 is 14.7 Å². The van der Waals surface area contributed by atoms with Gasteiger partial charge >= 0.3 is 0 Å². The van der Waals surface area contributed by atoms with Crippen LogP contribution in [0.1, 0.15) is 24.8 Å². The van der Waals surface area contributed by atoms with Crippen LogP contribution in [-0.4, -0.2) is 18.4 Å². The second-order valence-corrected chi connectivity index (χ2v) is 3.81. The predicted octanol–water partition coefficient (Wildman–Crippen LogP) is 0.265. The number of carbonyl (C=O) groups is 2. The van der Waals surface area contributed by atoms with Crippen LogP contribution in [0, 0.1) is 0 Å². The number of carboxylic acid groups (broad SMARTS) is 1. The van der Waals surface area contributed by atoms with Gasteiger partial charge in [-0.1, -0.05) is 30.3 Å². The molecule has 92 valence electrons. The Kier molecular flexibility index (Phi) is 5.79. The highest BCUT2D eigenvalue weighted by Gasteiger charge is 2.00. The minimum Gasteiger partial charge on any atom is -0.550 e. The summed E-state index contributed by atoms with van der Waals surface area (Å²) in [6.07, 6.45) is 1.29. The van der Waals surface area contributed by atoms with Gasteiger partial charge in [0.1, 0.15) is 0 Å². The molecule has 0 atom stereocenters. The number of rotatable bonds is 7. The third-order valence-electron chi connectivity index (χ3n) is 2.36. The Balaban J connectivity index is 2.10. The molecule has 1 rings (SSSR count). The molecule has 0 spiro atoms. The van der Waals surface area contributed by atoms with Crippen molar-refractivity contribution >= 4 is 11.9 Å². The molecule has 0 aliphatic rings. The van der Waals surface area contributed by atoms with Gasteiger partial charge in [0.15, 0.2) is 0 Å². The summed E-state index contributed by atoms with van der Waals surface area (Å²) in [5.74, 6) is -1.22. The summed E-state index contributed by atoms with van der Waals surface area (Å²) in [6.45, 7) is 0.578. The number of amides is 1. The van der Waals surface area contributed by atoms with Crippen LogP contribution in [0.25, 0.3) is 0 Å². The van der Waals surface area contributed by atoms with Gasteiger partial charge < -0.3 is 15.2 Å². The van der Waals surface area contributed by atoms with E-state index in [4.69, 9.17) is 0 Å². The van der Waals surface area contributed by atoms with Crippen molar-refractivity contribution in [2.45, 2.75) is 25.7 Å². The molecule has 17 heavy (non-hydrogen) atoms. The maximum Gasteiger partial charge on any atom is 0.220 e. The summed E-state index contributed by atoms with van der Waals surface area (Å²) in [5.41, 5.74) is 1.17. The Hall–Kier alpha value is -1.84. The van der Waals surface area contributed by atoms with Gasteiger partial charge in [0.05, 0.1) is 0 Å². The second kappa shape index (κ2) is 7.44. The Morgan fingerprint density at radius 3 is 2.47 bits per heavy atom. The quantitative estimate of drug-likeness (QED) is 0.736. The molecule has 0 unspecified atom stereocenters. The van der Waals surface area contributed by atoms with Crippen LogP contribution in [0.2, 0.25) is 0 Å². The van der Waals surface area contributed by atoms with E-state index in [2.05, 4.69) is 5.32 Å². The van der Waals surface area contributed by atoms with Crippen LogP contribution in [0.3, 0.4) is 0 Å². The standard InChI is InChI=1S/C13H17NO3/c15-12(7-4-8-13(16)17)14-10-9-11-5-2-1-3-6-11/h1-3,5-6H,4,7-10H2,(H,14,15)(H,16,17)/p-1. The average molecular weight is 234 g/mol. The first kappa shape index (κ1) is 13.2. The Labute approximate surface area is 101 Å². The van der Waals surface area contributed by atoms with Crippen LogP contribution >= 0.6 is 0 Å². The van der Waals surface area contributed by atoms with Crippen molar-refractivity contribution in [2.24, 2.45) is 0 Å². The molecular weight excluding hydrogens is 218 g/mol. The third kappa shape index (κ3) is 6.35. The van der Waals surface area contributed by atoms with E-state index >= 15 is 0 Å². The zero-order chi connectivity index (χ0) is 12.5. The predicted molar refractivity (Wildman–Crippen MR) is 62.0 cm³/mol.